The van der Waals surface area contributed by atoms with E-state index in [9.17, 15) is 4.79 Å². The Morgan fingerprint density at radius 3 is 2.56 bits per heavy atom. The van der Waals surface area contributed by atoms with Crippen LogP contribution in [0.1, 0.15) is 37.2 Å². The third kappa shape index (κ3) is 1.97. The van der Waals surface area contributed by atoms with Crippen molar-refractivity contribution in [2.45, 2.75) is 32.2 Å². The summed E-state index contributed by atoms with van der Waals surface area (Å²) < 4.78 is 0. The highest BCUT2D eigenvalue weighted by Crippen LogP contribution is 2.23. The van der Waals surface area contributed by atoms with Gasteiger partial charge in [0.2, 0.25) is 5.78 Å². The summed E-state index contributed by atoms with van der Waals surface area (Å²) in [7, 11) is 0. The third-order valence-corrected chi connectivity index (χ3v) is 3.25. The van der Waals surface area contributed by atoms with Crippen molar-refractivity contribution in [1.82, 2.24) is 14.9 Å². The molecule has 1 aromatic heterocycles. The summed E-state index contributed by atoms with van der Waals surface area (Å²) in [6, 6.07) is 0. The Morgan fingerprint density at radius 1 is 1.31 bits per heavy atom. The first-order valence-corrected chi connectivity index (χ1v) is 5.68. The fourth-order valence-electron chi connectivity index (χ4n) is 2.15. The average molecular weight is 219 g/mol. The minimum absolute atomic E-state index is 0.0579. The zero-order valence-electron chi connectivity index (χ0n) is 9.81. The van der Waals surface area contributed by atoms with Gasteiger partial charge in [0.15, 0.2) is 0 Å². The molecule has 1 aromatic rings. The summed E-state index contributed by atoms with van der Waals surface area (Å²) >= 11 is 0. The van der Waals surface area contributed by atoms with Crippen LogP contribution in [-0.4, -0.2) is 39.3 Å². The molecule has 0 bridgehead atoms. The van der Waals surface area contributed by atoms with Crippen molar-refractivity contribution >= 4 is 5.78 Å². The quantitative estimate of drug-likeness (QED) is 0.723. The number of aromatic nitrogens is 2. The Kier molecular flexibility index (Phi) is 3.01. The van der Waals surface area contributed by atoms with Crippen molar-refractivity contribution in [2.75, 3.05) is 13.1 Å². The molecule has 0 unspecified atom stereocenters. The van der Waals surface area contributed by atoms with Gasteiger partial charge in [0, 0.05) is 12.4 Å². The predicted octanol–water partition coefficient (Wildman–Crippen LogP) is 1.53. The van der Waals surface area contributed by atoms with E-state index in [1.807, 2.05) is 13.8 Å². The van der Waals surface area contributed by atoms with Crippen LogP contribution in [0.2, 0.25) is 0 Å². The summed E-state index contributed by atoms with van der Waals surface area (Å²) in [4.78, 5) is 22.6. The fraction of sp³-hybridized carbons (Fsp3) is 0.583. The Bertz CT molecular complexity index is 369. The van der Waals surface area contributed by atoms with E-state index in [2.05, 4.69) is 14.9 Å². The lowest BCUT2D eigenvalue weighted by molar-refractivity contribution is 0.0696. The molecule has 0 radical (unpaired) electrons. The second kappa shape index (κ2) is 4.29. The van der Waals surface area contributed by atoms with Gasteiger partial charge in [0.1, 0.15) is 5.69 Å². The van der Waals surface area contributed by atoms with Crippen molar-refractivity contribution in [1.29, 1.82) is 0 Å². The summed E-state index contributed by atoms with van der Waals surface area (Å²) in [6.07, 6.45) is 7.04. The lowest BCUT2D eigenvalue weighted by atomic mass is 9.95. The Hall–Kier alpha value is -1.29. The van der Waals surface area contributed by atoms with Gasteiger partial charge >= 0.3 is 0 Å². The first kappa shape index (κ1) is 11.2. The first-order chi connectivity index (χ1) is 7.62. The van der Waals surface area contributed by atoms with E-state index in [0.717, 1.165) is 13.1 Å². The van der Waals surface area contributed by atoms with Gasteiger partial charge in [0.25, 0.3) is 0 Å². The SMILES string of the molecule is CC(C)(C(=O)c1cnccn1)N1CCCC1. The average Bonchev–Trinajstić information content (AvgIpc) is 2.83. The van der Waals surface area contributed by atoms with E-state index < -0.39 is 5.54 Å². The smallest absolute Gasteiger partial charge is 0.202 e. The molecule has 1 aliphatic heterocycles. The zero-order valence-corrected chi connectivity index (χ0v) is 9.81. The topological polar surface area (TPSA) is 46.1 Å². The highest BCUT2D eigenvalue weighted by atomic mass is 16.1. The standard InChI is InChI=1S/C12H17N3O/c1-12(2,15-7-3-4-8-15)11(16)10-9-13-5-6-14-10/h5-6,9H,3-4,7-8H2,1-2H3. The second-order valence-electron chi connectivity index (χ2n) is 4.67. The molecule has 86 valence electrons. The van der Waals surface area contributed by atoms with Gasteiger partial charge in [-0.3, -0.25) is 14.7 Å². The van der Waals surface area contributed by atoms with Crippen LogP contribution in [-0.2, 0) is 0 Å². The van der Waals surface area contributed by atoms with Crippen molar-refractivity contribution in [3.63, 3.8) is 0 Å². The van der Waals surface area contributed by atoms with E-state index in [0.29, 0.717) is 5.69 Å². The van der Waals surface area contributed by atoms with Crippen LogP contribution >= 0.6 is 0 Å². The molecule has 1 aliphatic rings. The number of carbonyl (C=O) groups is 1. The molecule has 1 saturated heterocycles. The third-order valence-electron chi connectivity index (χ3n) is 3.25. The number of likely N-dealkylation sites (tertiary alicyclic amines) is 1. The van der Waals surface area contributed by atoms with Crippen LogP contribution < -0.4 is 0 Å². The van der Waals surface area contributed by atoms with Gasteiger partial charge in [-0.1, -0.05) is 0 Å². The molecule has 0 N–H and O–H groups in total. The number of nitrogens with zero attached hydrogens (tertiary/aromatic N) is 3. The lowest BCUT2D eigenvalue weighted by Crippen LogP contribution is -2.48. The number of carbonyl (C=O) groups excluding carboxylic acids is 1. The first-order valence-electron chi connectivity index (χ1n) is 5.68. The molecule has 0 aliphatic carbocycles. The number of rotatable bonds is 3. The van der Waals surface area contributed by atoms with E-state index in [1.54, 1.807) is 18.6 Å². The molecule has 0 aromatic carbocycles. The summed E-state index contributed by atoms with van der Waals surface area (Å²) in [5.41, 5.74) is -0.00796. The van der Waals surface area contributed by atoms with Crippen LogP contribution in [0.5, 0.6) is 0 Å². The number of hydrogen-bond acceptors (Lipinski definition) is 4. The Morgan fingerprint density at radius 2 is 2.00 bits per heavy atom. The van der Waals surface area contributed by atoms with Crippen LogP contribution in [0.4, 0.5) is 0 Å². The fourth-order valence-corrected chi connectivity index (χ4v) is 2.15. The maximum Gasteiger partial charge on any atom is 0.202 e. The lowest BCUT2D eigenvalue weighted by Gasteiger charge is -2.33. The molecule has 4 nitrogen and oxygen atoms in total. The normalized spacial score (nSPS) is 17.6. The molecule has 4 heteroatoms. The van der Waals surface area contributed by atoms with E-state index in [-0.39, 0.29) is 5.78 Å². The number of Topliss-reactive ketones (excluding diaryl/α,β-unsaturated/α-hetero) is 1. The summed E-state index contributed by atoms with van der Waals surface area (Å²) in [5.74, 6) is 0.0579. The number of ketones is 1. The molecule has 0 atom stereocenters. The highest BCUT2D eigenvalue weighted by molar-refractivity contribution is 6.00. The monoisotopic (exact) mass is 219 g/mol. The molecule has 0 saturated carbocycles. The molecule has 2 heterocycles. The van der Waals surface area contributed by atoms with Gasteiger partial charge in [-0.25, -0.2) is 4.98 Å². The molecule has 0 spiro atoms. The predicted molar refractivity (Wildman–Crippen MR) is 61.2 cm³/mol. The van der Waals surface area contributed by atoms with Crippen molar-refractivity contribution < 1.29 is 4.79 Å². The van der Waals surface area contributed by atoms with Gasteiger partial charge in [-0.2, -0.15) is 0 Å². The Balaban J connectivity index is 2.20. The molecule has 0 amide bonds. The maximum absolute atomic E-state index is 12.3. The molecular formula is C12H17N3O. The van der Waals surface area contributed by atoms with E-state index in [4.69, 9.17) is 0 Å². The minimum atomic E-state index is -0.466. The van der Waals surface area contributed by atoms with Crippen molar-refractivity contribution in [3.05, 3.63) is 24.3 Å². The molecular weight excluding hydrogens is 202 g/mol. The van der Waals surface area contributed by atoms with Gasteiger partial charge in [-0.15, -0.1) is 0 Å². The minimum Gasteiger partial charge on any atom is -0.291 e. The summed E-state index contributed by atoms with van der Waals surface area (Å²) in [6.45, 7) is 5.93. The van der Waals surface area contributed by atoms with Crippen LogP contribution in [0.25, 0.3) is 0 Å². The second-order valence-corrected chi connectivity index (χ2v) is 4.67. The zero-order chi connectivity index (χ0) is 11.6. The van der Waals surface area contributed by atoms with Crippen molar-refractivity contribution in [2.24, 2.45) is 0 Å². The molecule has 16 heavy (non-hydrogen) atoms. The van der Waals surface area contributed by atoms with Crippen LogP contribution in [0, 0.1) is 0 Å². The molecule has 2 rings (SSSR count). The van der Waals surface area contributed by atoms with Gasteiger partial charge in [0.05, 0.1) is 11.7 Å². The van der Waals surface area contributed by atoms with Crippen molar-refractivity contribution in [3.8, 4) is 0 Å². The van der Waals surface area contributed by atoms with Gasteiger partial charge < -0.3 is 0 Å². The van der Waals surface area contributed by atoms with Crippen LogP contribution in [0.15, 0.2) is 18.6 Å². The van der Waals surface area contributed by atoms with E-state index >= 15 is 0 Å². The van der Waals surface area contributed by atoms with Gasteiger partial charge in [-0.05, 0) is 39.8 Å². The Labute approximate surface area is 95.7 Å². The maximum atomic E-state index is 12.3. The van der Waals surface area contributed by atoms with Crippen LogP contribution in [0.3, 0.4) is 0 Å². The summed E-state index contributed by atoms with van der Waals surface area (Å²) in [5, 5.41) is 0. The largest absolute Gasteiger partial charge is 0.291 e. The molecule has 1 fully saturated rings. The number of hydrogen-bond donors (Lipinski definition) is 0. The highest BCUT2D eigenvalue weighted by Gasteiger charge is 2.37. The van der Waals surface area contributed by atoms with E-state index in [1.165, 1.54) is 12.8 Å².